The maximum Gasteiger partial charge on any atom is 0.290 e. The highest BCUT2D eigenvalue weighted by Crippen LogP contribution is 2.24. The van der Waals surface area contributed by atoms with E-state index in [-0.39, 0.29) is 6.47 Å². The Bertz CT molecular complexity index is 976. The van der Waals surface area contributed by atoms with Gasteiger partial charge < -0.3 is 5.11 Å². The molecule has 0 bridgehead atoms. The first kappa shape index (κ1) is 17.6. The van der Waals surface area contributed by atoms with Crippen LogP contribution < -0.4 is 0 Å². The maximum absolute atomic E-state index is 11.5. The van der Waals surface area contributed by atoms with E-state index in [1.54, 1.807) is 35.1 Å². The summed E-state index contributed by atoms with van der Waals surface area (Å²) in [6, 6.07) is 8.75. The van der Waals surface area contributed by atoms with Gasteiger partial charge >= 0.3 is 0 Å². The molecule has 0 saturated heterocycles. The van der Waals surface area contributed by atoms with Crippen LogP contribution in [-0.2, 0) is 21.7 Å². The molecular formula is C16H17N3O4S. The van der Waals surface area contributed by atoms with Crippen LogP contribution in [0.15, 0.2) is 41.4 Å². The summed E-state index contributed by atoms with van der Waals surface area (Å²) in [6.07, 6.45) is 2.93. The number of aryl methyl sites for hydroxylation is 2. The highest BCUT2D eigenvalue weighted by Gasteiger charge is 2.10. The van der Waals surface area contributed by atoms with Crippen LogP contribution in [0, 0.1) is 6.92 Å². The predicted octanol–water partition coefficient (Wildman–Crippen LogP) is 2.05. The lowest BCUT2D eigenvalue weighted by Crippen LogP contribution is -1.97. The maximum atomic E-state index is 11.5. The topological polar surface area (TPSA) is 102 Å². The van der Waals surface area contributed by atoms with Crippen molar-refractivity contribution in [3.05, 3.63) is 42.1 Å². The summed E-state index contributed by atoms with van der Waals surface area (Å²) < 4.78 is 24.8. The number of hydrogen-bond donors (Lipinski definition) is 1. The fraction of sp³-hybridized carbons (Fsp3) is 0.188. The standard InChI is InChI=1S/C15H15N3O2S.CH2O2/c1-10-8-13(17-14-9-16-18(2)15(10)14)11-4-6-12(7-5-11)21(3,19)20;2-1-3/h4-9H,1-3H3;1H,(H,2,3). The fourth-order valence-corrected chi connectivity index (χ4v) is 3.05. The lowest BCUT2D eigenvalue weighted by atomic mass is 10.1. The van der Waals surface area contributed by atoms with Crippen LogP contribution in [0.25, 0.3) is 22.3 Å². The van der Waals surface area contributed by atoms with Crippen molar-refractivity contribution >= 4 is 27.3 Å². The van der Waals surface area contributed by atoms with Crippen molar-refractivity contribution in [2.24, 2.45) is 7.05 Å². The highest BCUT2D eigenvalue weighted by molar-refractivity contribution is 7.90. The second kappa shape index (κ2) is 6.79. The van der Waals surface area contributed by atoms with Crippen molar-refractivity contribution in [3.63, 3.8) is 0 Å². The van der Waals surface area contributed by atoms with Crippen molar-refractivity contribution < 1.29 is 18.3 Å². The summed E-state index contributed by atoms with van der Waals surface area (Å²) in [5, 5.41) is 11.1. The molecule has 1 aromatic carbocycles. The van der Waals surface area contributed by atoms with E-state index in [2.05, 4.69) is 10.1 Å². The molecule has 7 nitrogen and oxygen atoms in total. The number of rotatable bonds is 2. The SMILES string of the molecule is Cc1cc(-c2ccc(S(C)(=O)=O)cc2)nc2cnn(C)c12.O=CO. The predicted molar refractivity (Wildman–Crippen MR) is 90.5 cm³/mol. The van der Waals surface area contributed by atoms with E-state index < -0.39 is 9.84 Å². The van der Waals surface area contributed by atoms with Crippen LogP contribution in [0.3, 0.4) is 0 Å². The zero-order valence-electron chi connectivity index (χ0n) is 13.5. The smallest absolute Gasteiger partial charge is 0.290 e. The first-order valence-corrected chi connectivity index (χ1v) is 8.84. The van der Waals surface area contributed by atoms with Crippen molar-refractivity contribution in [2.75, 3.05) is 6.26 Å². The largest absolute Gasteiger partial charge is 0.483 e. The molecule has 126 valence electrons. The van der Waals surface area contributed by atoms with Gasteiger partial charge in [-0.3, -0.25) is 9.48 Å². The van der Waals surface area contributed by atoms with Crippen LogP contribution in [0.5, 0.6) is 0 Å². The Kier molecular flexibility index (Phi) is 4.99. The van der Waals surface area contributed by atoms with Crippen LogP contribution in [-0.4, -0.2) is 41.0 Å². The van der Waals surface area contributed by atoms with Crippen molar-refractivity contribution in [3.8, 4) is 11.3 Å². The number of carbonyl (C=O) groups is 1. The normalized spacial score (nSPS) is 11.0. The van der Waals surface area contributed by atoms with Crippen LogP contribution in [0.4, 0.5) is 0 Å². The molecule has 24 heavy (non-hydrogen) atoms. The summed E-state index contributed by atoms with van der Waals surface area (Å²) in [6.45, 7) is 1.76. The number of fused-ring (bicyclic) bond motifs is 1. The van der Waals surface area contributed by atoms with E-state index in [0.29, 0.717) is 4.90 Å². The average molecular weight is 347 g/mol. The summed E-state index contributed by atoms with van der Waals surface area (Å²) in [7, 11) is -1.29. The van der Waals surface area contributed by atoms with Gasteiger partial charge in [-0.25, -0.2) is 13.4 Å². The van der Waals surface area contributed by atoms with E-state index in [1.165, 1.54) is 6.26 Å². The van der Waals surface area contributed by atoms with E-state index in [1.807, 2.05) is 20.0 Å². The third-order valence-electron chi connectivity index (χ3n) is 3.47. The summed E-state index contributed by atoms with van der Waals surface area (Å²) in [5.74, 6) is 0. The minimum Gasteiger partial charge on any atom is -0.483 e. The fourth-order valence-electron chi connectivity index (χ4n) is 2.42. The summed E-state index contributed by atoms with van der Waals surface area (Å²) in [4.78, 5) is 13.3. The minimum atomic E-state index is -3.18. The van der Waals surface area contributed by atoms with Crippen molar-refractivity contribution in [1.29, 1.82) is 0 Å². The molecule has 0 radical (unpaired) electrons. The second-order valence-electron chi connectivity index (χ2n) is 5.23. The number of hydrogen-bond acceptors (Lipinski definition) is 5. The Labute approximate surface area is 139 Å². The monoisotopic (exact) mass is 347 g/mol. The number of aromatic nitrogens is 3. The Balaban J connectivity index is 0.000000647. The lowest BCUT2D eigenvalue weighted by Gasteiger charge is -2.06. The third kappa shape index (κ3) is 3.60. The van der Waals surface area contributed by atoms with Gasteiger partial charge in [-0.1, -0.05) is 12.1 Å². The highest BCUT2D eigenvalue weighted by atomic mass is 32.2. The number of benzene rings is 1. The van der Waals surface area contributed by atoms with Gasteiger partial charge in [0.25, 0.3) is 6.47 Å². The molecule has 2 aromatic heterocycles. The molecular weight excluding hydrogens is 330 g/mol. The van der Waals surface area contributed by atoms with Crippen LogP contribution in [0.1, 0.15) is 5.56 Å². The number of sulfone groups is 1. The van der Waals surface area contributed by atoms with Gasteiger partial charge in [-0.05, 0) is 30.7 Å². The molecule has 0 saturated carbocycles. The van der Waals surface area contributed by atoms with Gasteiger partial charge in [0.15, 0.2) is 9.84 Å². The molecule has 8 heteroatoms. The molecule has 0 amide bonds. The molecule has 1 N–H and O–H groups in total. The Morgan fingerprint density at radius 2 is 1.79 bits per heavy atom. The van der Waals surface area contributed by atoms with Crippen LogP contribution >= 0.6 is 0 Å². The minimum absolute atomic E-state index is 0.250. The number of pyridine rings is 1. The Morgan fingerprint density at radius 1 is 1.21 bits per heavy atom. The van der Waals surface area contributed by atoms with E-state index >= 15 is 0 Å². The quantitative estimate of drug-likeness (QED) is 0.712. The van der Waals surface area contributed by atoms with Gasteiger partial charge in [0, 0.05) is 18.9 Å². The third-order valence-corrected chi connectivity index (χ3v) is 4.59. The molecule has 0 aliphatic rings. The van der Waals surface area contributed by atoms with Crippen LogP contribution in [0.2, 0.25) is 0 Å². The Morgan fingerprint density at radius 3 is 2.33 bits per heavy atom. The van der Waals surface area contributed by atoms with Gasteiger partial charge in [0.2, 0.25) is 0 Å². The molecule has 3 rings (SSSR count). The molecule has 0 aliphatic heterocycles. The Hall–Kier alpha value is -2.74. The van der Waals surface area contributed by atoms with Gasteiger partial charge in [0.05, 0.1) is 22.3 Å². The average Bonchev–Trinajstić information content (AvgIpc) is 2.89. The molecule has 0 spiro atoms. The first-order valence-electron chi connectivity index (χ1n) is 6.95. The van der Waals surface area contributed by atoms with E-state index in [9.17, 15) is 8.42 Å². The number of carboxylic acid groups (broad SMARTS) is 1. The lowest BCUT2D eigenvalue weighted by molar-refractivity contribution is -0.122. The molecule has 0 fully saturated rings. The zero-order chi connectivity index (χ0) is 17.9. The van der Waals surface area contributed by atoms with Gasteiger partial charge in [-0.15, -0.1) is 0 Å². The zero-order valence-corrected chi connectivity index (χ0v) is 14.3. The van der Waals surface area contributed by atoms with Crippen molar-refractivity contribution in [1.82, 2.24) is 14.8 Å². The number of nitrogens with zero attached hydrogens (tertiary/aromatic N) is 3. The second-order valence-corrected chi connectivity index (χ2v) is 7.24. The van der Waals surface area contributed by atoms with Gasteiger partial charge in [-0.2, -0.15) is 5.10 Å². The van der Waals surface area contributed by atoms with E-state index in [4.69, 9.17) is 9.90 Å². The molecule has 3 aromatic rings. The molecule has 2 heterocycles. The molecule has 0 atom stereocenters. The summed E-state index contributed by atoms with van der Waals surface area (Å²) >= 11 is 0. The summed E-state index contributed by atoms with van der Waals surface area (Å²) in [5.41, 5.74) is 4.62. The molecule has 0 aliphatic carbocycles. The first-order chi connectivity index (χ1) is 11.3. The van der Waals surface area contributed by atoms with Gasteiger partial charge in [0.1, 0.15) is 5.52 Å². The molecule has 0 unspecified atom stereocenters. The van der Waals surface area contributed by atoms with E-state index in [0.717, 1.165) is 27.9 Å². The van der Waals surface area contributed by atoms with Crippen molar-refractivity contribution in [2.45, 2.75) is 11.8 Å².